The molecule has 0 saturated carbocycles. The topological polar surface area (TPSA) is 75.3 Å². The molecule has 0 bridgehead atoms. The Balaban J connectivity index is 2.83. The van der Waals surface area contributed by atoms with E-state index in [2.05, 4.69) is 10.0 Å². The second-order valence-corrected chi connectivity index (χ2v) is 6.66. The molecule has 0 aromatic heterocycles. The van der Waals surface area contributed by atoms with Crippen LogP contribution in [0.5, 0.6) is 0 Å². The predicted octanol–water partition coefficient (Wildman–Crippen LogP) is 2.05. The Bertz CT molecular complexity index is 560. The predicted molar refractivity (Wildman–Crippen MR) is 81.7 cm³/mol. The first-order valence-corrected chi connectivity index (χ1v) is 8.51. The average Bonchev–Trinajstić information content (AvgIpc) is 2.38. The van der Waals surface area contributed by atoms with E-state index in [9.17, 15) is 13.2 Å². The van der Waals surface area contributed by atoms with Gasteiger partial charge in [0.25, 0.3) is 5.91 Å². The van der Waals surface area contributed by atoms with Crippen LogP contribution in [0.2, 0.25) is 0 Å². The first-order valence-electron chi connectivity index (χ1n) is 6.32. The first kappa shape index (κ1) is 16.8. The molecule has 1 aromatic rings. The molecule has 112 valence electrons. The molecule has 0 radical (unpaired) electrons. The fourth-order valence-electron chi connectivity index (χ4n) is 1.63. The van der Waals surface area contributed by atoms with Gasteiger partial charge in [0.1, 0.15) is 0 Å². The van der Waals surface area contributed by atoms with E-state index in [1.165, 1.54) is 6.07 Å². The normalized spacial score (nSPS) is 12.8. The van der Waals surface area contributed by atoms with Gasteiger partial charge in [-0.1, -0.05) is 13.0 Å². The zero-order valence-electron chi connectivity index (χ0n) is 11.5. The Hall–Kier alpha value is -1.27. The lowest BCUT2D eigenvalue weighted by Crippen LogP contribution is -2.24. The van der Waals surface area contributed by atoms with Gasteiger partial charge in [0.05, 0.1) is 5.75 Å². The fraction of sp³-hybridized carbons (Fsp3) is 0.462. The molecule has 0 aliphatic heterocycles. The lowest BCUT2D eigenvalue weighted by molar-refractivity contribution is 0.0956. The fourth-order valence-corrected chi connectivity index (χ4v) is 3.30. The Labute approximate surface area is 124 Å². The van der Waals surface area contributed by atoms with Crippen molar-refractivity contribution >= 4 is 33.2 Å². The van der Waals surface area contributed by atoms with Crippen molar-refractivity contribution in [3.05, 3.63) is 29.8 Å². The molecule has 0 heterocycles. The third-order valence-corrected chi connectivity index (χ3v) is 4.58. The molecule has 1 rings (SSSR count). The van der Waals surface area contributed by atoms with Crippen LogP contribution < -0.4 is 10.0 Å². The van der Waals surface area contributed by atoms with Crippen molar-refractivity contribution in [2.24, 2.45) is 5.92 Å². The Morgan fingerprint density at radius 3 is 2.70 bits per heavy atom. The van der Waals surface area contributed by atoms with Crippen LogP contribution in [0, 0.1) is 5.92 Å². The lowest BCUT2D eigenvalue weighted by atomic mass is 10.2. The number of carbonyl (C=O) groups is 1. The number of hydrogen-bond acceptors (Lipinski definition) is 3. The molecule has 0 aliphatic rings. The minimum Gasteiger partial charge on any atom is -0.352 e. The molecule has 0 saturated heterocycles. The summed E-state index contributed by atoms with van der Waals surface area (Å²) in [5.74, 6) is -0.148. The van der Waals surface area contributed by atoms with E-state index in [0.717, 1.165) is 0 Å². The largest absolute Gasteiger partial charge is 0.352 e. The zero-order valence-corrected chi connectivity index (χ0v) is 13.1. The van der Waals surface area contributed by atoms with Crippen LogP contribution in [-0.4, -0.2) is 32.5 Å². The highest BCUT2D eigenvalue weighted by Gasteiger charge is 2.15. The maximum Gasteiger partial charge on any atom is 0.251 e. The van der Waals surface area contributed by atoms with Crippen LogP contribution in [-0.2, 0) is 10.0 Å². The average molecular weight is 319 g/mol. The maximum atomic E-state index is 11.9. The highest BCUT2D eigenvalue weighted by atomic mass is 35.5. The van der Waals surface area contributed by atoms with Gasteiger partial charge in [-0.3, -0.25) is 9.52 Å². The van der Waals surface area contributed by atoms with Crippen molar-refractivity contribution in [3.8, 4) is 0 Å². The van der Waals surface area contributed by atoms with Gasteiger partial charge in [0, 0.05) is 23.7 Å². The van der Waals surface area contributed by atoms with Crippen molar-refractivity contribution in [1.82, 2.24) is 5.32 Å². The van der Waals surface area contributed by atoms with Gasteiger partial charge in [-0.05, 0) is 31.0 Å². The molecular formula is C13H19ClN2O3S. The second-order valence-electron chi connectivity index (χ2n) is 4.58. The quantitative estimate of drug-likeness (QED) is 0.756. The van der Waals surface area contributed by atoms with Gasteiger partial charge in [0.15, 0.2) is 0 Å². The molecule has 1 aromatic carbocycles. The van der Waals surface area contributed by atoms with Crippen LogP contribution in [0.15, 0.2) is 24.3 Å². The number of nitrogens with one attached hydrogen (secondary N) is 2. The van der Waals surface area contributed by atoms with Crippen molar-refractivity contribution in [3.63, 3.8) is 0 Å². The van der Waals surface area contributed by atoms with E-state index in [-0.39, 0.29) is 23.5 Å². The number of anilines is 1. The van der Waals surface area contributed by atoms with E-state index >= 15 is 0 Å². The summed E-state index contributed by atoms with van der Waals surface area (Å²) >= 11 is 5.62. The highest BCUT2D eigenvalue weighted by Crippen LogP contribution is 2.14. The number of rotatable bonds is 7. The molecule has 20 heavy (non-hydrogen) atoms. The Kier molecular flexibility index (Phi) is 6.29. The molecule has 7 heteroatoms. The molecule has 1 amide bonds. The van der Waals surface area contributed by atoms with Gasteiger partial charge in [-0.2, -0.15) is 0 Å². The summed E-state index contributed by atoms with van der Waals surface area (Å²) in [5.41, 5.74) is 0.785. The minimum atomic E-state index is -3.47. The summed E-state index contributed by atoms with van der Waals surface area (Å²) < 4.78 is 26.3. The molecule has 5 nitrogen and oxygen atoms in total. The second kappa shape index (κ2) is 7.50. The molecule has 0 aliphatic carbocycles. The van der Waals surface area contributed by atoms with Crippen LogP contribution in [0.4, 0.5) is 5.69 Å². The number of halogens is 1. The van der Waals surface area contributed by atoms with Crippen molar-refractivity contribution in [2.45, 2.75) is 13.8 Å². The molecule has 0 fully saturated rings. The van der Waals surface area contributed by atoms with E-state index in [1.54, 1.807) is 25.1 Å². The van der Waals surface area contributed by atoms with Crippen molar-refractivity contribution in [2.75, 3.05) is 22.9 Å². The third-order valence-electron chi connectivity index (χ3n) is 2.50. The van der Waals surface area contributed by atoms with E-state index < -0.39 is 10.0 Å². The third kappa shape index (κ3) is 5.38. The number of alkyl halides is 1. The van der Waals surface area contributed by atoms with Gasteiger partial charge in [0.2, 0.25) is 10.0 Å². The van der Waals surface area contributed by atoms with E-state index in [1.807, 2.05) is 6.92 Å². The van der Waals surface area contributed by atoms with Gasteiger partial charge >= 0.3 is 0 Å². The summed E-state index contributed by atoms with van der Waals surface area (Å²) in [4.78, 5) is 11.7. The van der Waals surface area contributed by atoms with Crippen LogP contribution in [0.3, 0.4) is 0 Å². The molecule has 0 spiro atoms. The first-order chi connectivity index (χ1) is 9.38. The Morgan fingerprint density at radius 2 is 2.10 bits per heavy atom. The summed E-state index contributed by atoms with van der Waals surface area (Å²) in [5, 5.41) is 2.66. The van der Waals surface area contributed by atoms with Crippen LogP contribution in [0.25, 0.3) is 0 Å². The smallest absolute Gasteiger partial charge is 0.251 e. The number of carbonyl (C=O) groups excluding carboxylic acids is 1. The summed E-state index contributed by atoms with van der Waals surface area (Å²) in [6, 6.07) is 6.37. The summed E-state index contributed by atoms with van der Waals surface area (Å²) in [7, 11) is -3.47. The SMILES string of the molecule is CCNC(=O)c1cccc(NS(=O)(=O)CC(C)CCl)c1. The number of amides is 1. The van der Waals surface area contributed by atoms with Crippen molar-refractivity contribution in [1.29, 1.82) is 0 Å². The molecular weight excluding hydrogens is 300 g/mol. The zero-order chi connectivity index (χ0) is 15.2. The minimum absolute atomic E-state index is 0.0537. The van der Waals surface area contributed by atoms with Gasteiger partial charge < -0.3 is 5.32 Å². The Morgan fingerprint density at radius 1 is 1.40 bits per heavy atom. The van der Waals surface area contributed by atoms with Crippen LogP contribution >= 0.6 is 11.6 Å². The molecule has 1 atom stereocenters. The standard InChI is InChI=1S/C13H19ClN2O3S/c1-3-15-13(17)11-5-4-6-12(7-11)16-20(18,19)9-10(2)8-14/h4-7,10,16H,3,8-9H2,1-2H3,(H,15,17). The molecule has 2 N–H and O–H groups in total. The van der Waals surface area contributed by atoms with Gasteiger partial charge in [-0.15, -0.1) is 11.6 Å². The number of sulfonamides is 1. The van der Waals surface area contributed by atoms with Gasteiger partial charge in [-0.25, -0.2) is 8.42 Å². The van der Waals surface area contributed by atoms with E-state index in [4.69, 9.17) is 11.6 Å². The lowest BCUT2D eigenvalue weighted by Gasteiger charge is -2.12. The monoisotopic (exact) mass is 318 g/mol. The van der Waals surface area contributed by atoms with Crippen molar-refractivity contribution < 1.29 is 13.2 Å². The number of benzene rings is 1. The van der Waals surface area contributed by atoms with Crippen LogP contribution in [0.1, 0.15) is 24.2 Å². The van der Waals surface area contributed by atoms with E-state index in [0.29, 0.717) is 17.8 Å². The molecule has 1 unspecified atom stereocenters. The summed E-state index contributed by atoms with van der Waals surface area (Å²) in [6.07, 6.45) is 0. The number of hydrogen-bond donors (Lipinski definition) is 2. The summed E-state index contributed by atoms with van der Waals surface area (Å²) in [6.45, 7) is 4.09. The maximum absolute atomic E-state index is 11.9. The highest BCUT2D eigenvalue weighted by molar-refractivity contribution is 7.92.